The van der Waals surface area contributed by atoms with E-state index in [0.717, 1.165) is 11.3 Å². The van der Waals surface area contributed by atoms with Crippen LogP contribution in [0.2, 0.25) is 0 Å². The number of urea groups is 1. The van der Waals surface area contributed by atoms with Gasteiger partial charge in [0.05, 0.1) is 6.20 Å². The van der Waals surface area contributed by atoms with Gasteiger partial charge in [0, 0.05) is 5.69 Å². The van der Waals surface area contributed by atoms with E-state index in [0.29, 0.717) is 5.82 Å². The van der Waals surface area contributed by atoms with Gasteiger partial charge < -0.3 is 5.32 Å². The summed E-state index contributed by atoms with van der Waals surface area (Å²) in [5.41, 5.74) is 1.82. The number of amides is 2. The van der Waals surface area contributed by atoms with Gasteiger partial charge in [0.15, 0.2) is 5.82 Å². The number of hydrogen-bond acceptors (Lipinski definition) is 3. The Hall–Kier alpha value is -2.37. The lowest BCUT2D eigenvalue weighted by molar-refractivity contribution is 0.262. The largest absolute Gasteiger partial charge is 0.324 e. The number of aryl methyl sites for hydroxylation is 1. The van der Waals surface area contributed by atoms with Crippen molar-refractivity contribution in [3.63, 3.8) is 0 Å². The average molecular weight is 217 g/mol. The van der Waals surface area contributed by atoms with Gasteiger partial charge in [0.25, 0.3) is 0 Å². The van der Waals surface area contributed by atoms with Crippen LogP contribution in [-0.2, 0) is 0 Å². The molecule has 3 N–H and O–H groups in total. The van der Waals surface area contributed by atoms with E-state index >= 15 is 0 Å². The molecule has 1 aromatic heterocycles. The molecule has 0 unspecified atom stereocenters. The Labute approximate surface area is 92.1 Å². The zero-order chi connectivity index (χ0) is 11.4. The Morgan fingerprint density at radius 2 is 2.25 bits per heavy atom. The number of aromatic nitrogens is 3. The van der Waals surface area contributed by atoms with Gasteiger partial charge >= 0.3 is 6.03 Å². The van der Waals surface area contributed by atoms with Crippen LogP contribution in [0.3, 0.4) is 0 Å². The van der Waals surface area contributed by atoms with Crippen molar-refractivity contribution in [1.29, 1.82) is 0 Å². The van der Waals surface area contributed by atoms with Gasteiger partial charge in [-0.2, -0.15) is 10.3 Å². The normalized spacial score (nSPS) is 9.81. The van der Waals surface area contributed by atoms with Crippen LogP contribution in [0.5, 0.6) is 0 Å². The third-order valence-electron chi connectivity index (χ3n) is 1.93. The maximum absolute atomic E-state index is 11.5. The molecular weight excluding hydrogens is 206 g/mol. The summed E-state index contributed by atoms with van der Waals surface area (Å²) in [6.45, 7) is 1.96. The zero-order valence-electron chi connectivity index (χ0n) is 8.69. The monoisotopic (exact) mass is 217 g/mol. The number of anilines is 2. The highest BCUT2D eigenvalue weighted by atomic mass is 16.2. The molecule has 82 valence electrons. The molecule has 0 aliphatic heterocycles. The quantitative estimate of drug-likeness (QED) is 0.716. The summed E-state index contributed by atoms with van der Waals surface area (Å²) in [6, 6.07) is 7.18. The van der Waals surface area contributed by atoms with Crippen molar-refractivity contribution in [1.82, 2.24) is 15.4 Å². The molecule has 1 heterocycles. The molecule has 16 heavy (non-hydrogen) atoms. The fourth-order valence-electron chi connectivity index (χ4n) is 1.26. The number of benzene rings is 1. The van der Waals surface area contributed by atoms with Crippen molar-refractivity contribution in [3.05, 3.63) is 36.0 Å². The molecule has 0 radical (unpaired) electrons. The van der Waals surface area contributed by atoms with Crippen LogP contribution in [0.4, 0.5) is 16.3 Å². The lowest BCUT2D eigenvalue weighted by Gasteiger charge is -2.05. The Balaban J connectivity index is 1.97. The molecule has 6 nitrogen and oxygen atoms in total. The molecule has 2 rings (SSSR count). The van der Waals surface area contributed by atoms with Gasteiger partial charge in [0.1, 0.15) is 0 Å². The van der Waals surface area contributed by atoms with Crippen molar-refractivity contribution in [2.45, 2.75) is 6.92 Å². The van der Waals surface area contributed by atoms with Gasteiger partial charge in [-0.25, -0.2) is 4.79 Å². The van der Waals surface area contributed by atoms with Crippen LogP contribution < -0.4 is 10.6 Å². The number of carbonyl (C=O) groups is 1. The number of rotatable bonds is 2. The smallest absolute Gasteiger partial charge is 0.308 e. The topological polar surface area (TPSA) is 82.7 Å². The van der Waals surface area contributed by atoms with Gasteiger partial charge in [-0.3, -0.25) is 5.32 Å². The number of nitrogens with one attached hydrogen (secondary N) is 3. The van der Waals surface area contributed by atoms with Crippen LogP contribution in [0.25, 0.3) is 0 Å². The molecule has 0 spiro atoms. The molecule has 0 fully saturated rings. The van der Waals surface area contributed by atoms with Crippen molar-refractivity contribution >= 4 is 17.5 Å². The minimum atomic E-state index is -0.348. The molecule has 0 aliphatic rings. The Morgan fingerprint density at radius 3 is 2.94 bits per heavy atom. The SMILES string of the molecule is Cc1cccc(NC(=O)Nc2cn[nH]n2)c1. The van der Waals surface area contributed by atoms with E-state index < -0.39 is 0 Å². The minimum Gasteiger partial charge on any atom is -0.308 e. The maximum atomic E-state index is 11.5. The van der Waals surface area contributed by atoms with Crippen LogP contribution in [-0.4, -0.2) is 21.4 Å². The highest BCUT2D eigenvalue weighted by Crippen LogP contribution is 2.09. The third-order valence-corrected chi connectivity index (χ3v) is 1.93. The number of H-pyrrole nitrogens is 1. The number of carbonyl (C=O) groups excluding carboxylic acids is 1. The van der Waals surface area contributed by atoms with E-state index in [1.54, 1.807) is 0 Å². The predicted molar refractivity (Wildman–Crippen MR) is 60.2 cm³/mol. The molecule has 6 heteroatoms. The van der Waals surface area contributed by atoms with E-state index in [4.69, 9.17) is 0 Å². The second-order valence-corrected chi connectivity index (χ2v) is 3.30. The van der Waals surface area contributed by atoms with E-state index in [-0.39, 0.29) is 6.03 Å². The second kappa shape index (κ2) is 4.43. The lowest BCUT2D eigenvalue weighted by Crippen LogP contribution is -2.19. The van der Waals surface area contributed by atoms with E-state index in [1.165, 1.54) is 6.20 Å². The van der Waals surface area contributed by atoms with Crippen molar-refractivity contribution in [2.24, 2.45) is 0 Å². The lowest BCUT2D eigenvalue weighted by atomic mass is 10.2. The Bertz CT molecular complexity index is 480. The molecule has 0 saturated heterocycles. The first-order valence-electron chi connectivity index (χ1n) is 4.74. The molecule has 1 aromatic carbocycles. The van der Waals surface area contributed by atoms with Crippen LogP contribution in [0.1, 0.15) is 5.56 Å². The standard InChI is InChI=1S/C10H11N5O/c1-7-3-2-4-8(5-7)12-10(16)13-9-6-11-15-14-9/h2-6H,1H3,(H3,11,12,13,14,15,16). The number of aromatic amines is 1. The molecule has 0 saturated carbocycles. The van der Waals surface area contributed by atoms with Gasteiger partial charge in [-0.15, -0.1) is 5.10 Å². The highest BCUT2D eigenvalue weighted by Gasteiger charge is 2.03. The summed E-state index contributed by atoms with van der Waals surface area (Å²) < 4.78 is 0. The predicted octanol–water partition coefficient (Wildman–Crippen LogP) is 1.76. The molecule has 2 aromatic rings. The summed E-state index contributed by atoms with van der Waals surface area (Å²) in [5.74, 6) is 0.380. The van der Waals surface area contributed by atoms with Crippen molar-refractivity contribution in [2.75, 3.05) is 10.6 Å². The van der Waals surface area contributed by atoms with Gasteiger partial charge in [0.2, 0.25) is 0 Å². The van der Waals surface area contributed by atoms with Gasteiger partial charge in [-0.05, 0) is 24.6 Å². The van der Waals surface area contributed by atoms with Gasteiger partial charge in [-0.1, -0.05) is 12.1 Å². The molecule has 0 atom stereocenters. The molecular formula is C10H11N5O. The summed E-state index contributed by atoms with van der Waals surface area (Å²) in [4.78, 5) is 11.5. The van der Waals surface area contributed by atoms with Crippen LogP contribution in [0.15, 0.2) is 30.5 Å². The molecule has 0 bridgehead atoms. The van der Waals surface area contributed by atoms with Crippen LogP contribution >= 0.6 is 0 Å². The fraction of sp³-hybridized carbons (Fsp3) is 0.100. The summed E-state index contributed by atoms with van der Waals surface area (Å²) in [7, 11) is 0. The first-order valence-corrected chi connectivity index (χ1v) is 4.74. The summed E-state index contributed by atoms with van der Waals surface area (Å²) in [6.07, 6.45) is 1.43. The third kappa shape index (κ3) is 2.57. The molecule has 2 amide bonds. The number of hydrogen-bond donors (Lipinski definition) is 3. The maximum Gasteiger partial charge on any atom is 0.324 e. The van der Waals surface area contributed by atoms with E-state index in [9.17, 15) is 4.79 Å². The second-order valence-electron chi connectivity index (χ2n) is 3.30. The first kappa shape index (κ1) is 10.2. The average Bonchev–Trinajstić information content (AvgIpc) is 2.70. The minimum absolute atomic E-state index is 0.348. The molecule has 0 aliphatic carbocycles. The van der Waals surface area contributed by atoms with E-state index in [1.807, 2.05) is 31.2 Å². The van der Waals surface area contributed by atoms with Crippen LogP contribution in [0, 0.1) is 6.92 Å². The summed E-state index contributed by atoms with van der Waals surface area (Å²) >= 11 is 0. The fourth-order valence-corrected chi connectivity index (χ4v) is 1.26. The summed E-state index contributed by atoms with van der Waals surface area (Å²) in [5, 5.41) is 14.9. The zero-order valence-corrected chi connectivity index (χ0v) is 8.69. The number of nitrogens with zero attached hydrogens (tertiary/aromatic N) is 2. The van der Waals surface area contributed by atoms with Crippen molar-refractivity contribution < 1.29 is 4.79 Å². The van der Waals surface area contributed by atoms with Crippen molar-refractivity contribution in [3.8, 4) is 0 Å². The Morgan fingerprint density at radius 1 is 1.38 bits per heavy atom. The van der Waals surface area contributed by atoms with E-state index in [2.05, 4.69) is 26.0 Å². The highest BCUT2D eigenvalue weighted by molar-refractivity contribution is 5.99. The first-order chi connectivity index (χ1) is 7.74. The Kier molecular flexibility index (Phi) is 2.81.